The molecule has 0 unspecified atom stereocenters. The highest BCUT2D eigenvalue weighted by molar-refractivity contribution is 6.50. The number of aldehydes is 1. The molecule has 0 radical (unpaired) electrons. The number of nitrogens with zero attached hydrogens (tertiary/aromatic N) is 1. The van der Waals surface area contributed by atoms with Gasteiger partial charge in [-0.15, -0.1) is 0 Å². The van der Waals surface area contributed by atoms with Crippen molar-refractivity contribution in [3.63, 3.8) is 0 Å². The van der Waals surface area contributed by atoms with E-state index < -0.39 is 5.78 Å². The monoisotopic (exact) mass is 343 g/mol. The summed E-state index contributed by atoms with van der Waals surface area (Å²) in [5.74, 6) is 2.21. The van der Waals surface area contributed by atoms with E-state index in [0.29, 0.717) is 23.6 Å². The summed E-state index contributed by atoms with van der Waals surface area (Å²) in [5.41, 5.74) is -0.174. The van der Waals surface area contributed by atoms with Crippen molar-refractivity contribution in [2.45, 2.75) is 20.8 Å². The Kier molecular flexibility index (Phi) is 5.73. The molecular formula is C18H17NO6. The molecule has 0 spiro atoms. The predicted molar refractivity (Wildman–Crippen MR) is 88.4 cm³/mol. The van der Waals surface area contributed by atoms with Gasteiger partial charge in [-0.25, -0.2) is 0 Å². The normalized spacial score (nSPS) is 10.9. The quantitative estimate of drug-likeness (QED) is 0.253. The zero-order valence-corrected chi connectivity index (χ0v) is 14.0. The average molecular weight is 343 g/mol. The van der Waals surface area contributed by atoms with Crippen LogP contribution in [0.2, 0.25) is 0 Å². The molecule has 0 saturated heterocycles. The molecule has 3 rings (SSSR count). The Balaban J connectivity index is 0.000000236. The van der Waals surface area contributed by atoms with Crippen molar-refractivity contribution in [1.82, 2.24) is 0 Å². The minimum absolute atomic E-state index is 0.115. The number of furan rings is 3. The van der Waals surface area contributed by atoms with Gasteiger partial charge in [-0.3, -0.25) is 9.59 Å². The zero-order chi connectivity index (χ0) is 18.4. The van der Waals surface area contributed by atoms with Crippen LogP contribution in [0.15, 0.2) is 54.8 Å². The molecule has 3 aromatic heterocycles. The number of oxime groups is 1. The lowest BCUT2D eigenvalue weighted by molar-refractivity contribution is 0.103. The minimum atomic E-state index is -0.519. The van der Waals surface area contributed by atoms with Crippen LogP contribution < -0.4 is 0 Å². The van der Waals surface area contributed by atoms with Gasteiger partial charge in [0.15, 0.2) is 29.3 Å². The summed E-state index contributed by atoms with van der Waals surface area (Å²) in [4.78, 5) is 21.9. The lowest BCUT2D eigenvalue weighted by Gasteiger charge is -1.97. The molecule has 0 atom stereocenters. The van der Waals surface area contributed by atoms with Crippen LogP contribution in [-0.2, 0) is 0 Å². The van der Waals surface area contributed by atoms with Crippen molar-refractivity contribution in [2.75, 3.05) is 0 Å². The third-order valence-corrected chi connectivity index (χ3v) is 3.13. The molecule has 0 aliphatic carbocycles. The molecule has 0 bridgehead atoms. The van der Waals surface area contributed by atoms with Crippen LogP contribution in [0.3, 0.4) is 0 Å². The molecule has 0 aliphatic rings. The second-order valence-electron chi connectivity index (χ2n) is 5.16. The summed E-state index contributed by atoms with van der Waals surface area (Å²) in [7, 11) is 0. The average Bonchev–Trinajstić information content (AvgIpc) is 3.31. The summed E-state index contributed by atoms with van der Waals surface area (Å²) in [6.07, 6.45) is 0.688. The molecule has 7 heteroatoms. The molecule has 130 valence electrons. The molecular weight excluding hydrogens is 326 g/mol. The van der Waals surface area contributed by atoms with Gasteiger partial charge in [-0.05, 0) is 57.2 Å². The summed E-state index contributed by atoms with van der Waals surface area (Å²) < 4.78 is 15.3. The van der Waals surface area contributed by atoms with Crippen LogP contribution in [0, 0.1) is 20.8 Å². The number of rotatable bonds is 4. The fourth-order valence-electron chi connectivity index (χ4n) is 1.96. The van der Waals surface area contributed by atoms with E-state index in [1.54, 1.807) is 51.1 Å². The molecule has 1 N–H and O–H groups in total. The maximum atomic E-state index is 12.0. The van der Waals surface area contributed by atoms with E-state index in [2.05, 4.69) is 5.16 Å². The molecule has 3 aromatic rings. The van der Waals surface area contributed by atoms with Crippen molar-refractivity contribution in [3.8, 4) is 0 Å². The Morgan fingerprint density at radius 3 is 1.76 bits per heavy atom. The number of hydrogen-bond donors (Lipinski definition) is 1. The van der Waals surface area contributed by atoms with E-state index in [1.165, 1.54) is 6.07 Å². The predicted octanol–water partition coefficient (Wildman–Crippen LogP) is 3.95. The van der Waals surface area contributed by atoms with Gasteiger partial charge in [0.05, 0.1) is 0 Å². The van der Waals surface area contributed by atoms with Crippen LogP contribution >= 0.6 is 0 Å². The molecule has 0 aromatic carbocycles. The van der Waals surface area contributed by atoms with Crippen LogP contribution in [0.5, 0.6) is 0 Å². The summed E-state index contributed by atoms with van der Waals surface area (Å²) >= 11 is 0. The lowest BCUT2D eigenvalue weighted by Crippen LogP contribution is -2.14. The largest absolute Gasteiger partial charge is 0.459 e. The van der Waals surface area contributed by atoms with Crippen LogP contribution in [0.4, 0.5) is 0 Å². The number of aryl methyl sites for hydroxylation is 3. The highest BCUT2D eigenvalue weighted by Gasteiger charge is 2.22. The van der Waals surface area contributed by atoms with Crippen molar-refractivity contribution in [3.05, 3.63) is 71.0 Å². The van der Waals surface area contributed by atoms with E-state index >= 15 is 0 Å². The highest BCUT2D eigenvalue weighted by atomic mass is 16.4. The van der Waals surface area contributed by atoms with Crippen LogP contribution in [0.1, 0.15) is 44.2 Å². The Hall–Kier alpha value is -3.35. The molecule has 0 saturated carbocycles. The first-order valence-electron chi connectivity index (χ1n) is 7.36. The maximum Gasteiger partial charge on any atom is 0.253 e. The highest BCUT2D eigenvalue weighted by Crippen LogP contribution is 2.14. The van der Waals surface area contributed by atoms with E-state index in [4.69, 9.17) is 18.5 Å². The van der Waals surface area contributed by atoms with Crippen molar-refractivity contribution >= 4 is 17.8 Å². The Morgan fingerprint density at radius 1 is 0.880 bits per heavy atom. The lowest BCUT2D eigenvalue weighted by atomic mass is 10.1. The van der Waals surface area contributed by atoms with Crippen LogP contribution in [0.25, 0.3) is 0 Å². The smallest absolute Gasteiger partial charge is 0.253 e. The Bertz CT molecular complexity index is 896. The fraction of sp³-hybridized carbons (Fsp3) is 0.167. The number of carbonyl (C=O) groups excluding carboxylic acids is 2. The fourth-order valence-corrected chi connectivity index (χ4v) is 1.96. The number of carbonyl (C=O) groups is 2. The third-order valence-electron chi connectivity index (χ3n) is 3.13. The van der Waals surface area contributed by atoms with Gasteiger partial charge in [0.2, 0.25) is 0 Å². The Labute approximate surface area is 143 Å². The van der Waals surface area contributed by atoms with E-state index in [-0.39, 0.29) is 17.2 Å². The molecule has 0 aliphatic heterocycles. The first kappa shape index (κ1) is 18.0. The second-order valence-corrected chi connectivity index (χ2v) is 5.16. The summed E-state index contributed by atoms with van der Waals surface area (Å²) in [6, 6.07) is 9.83. The maximum absolute atomic E-state index is 12.0. The van der Waals surface area contributed by atoms with Gasteiger partial charge in [-0.1, -0.05) is 5.16 Å². The van der Waals surface area contributed by atoms with Crippen LogP contribution in [-0.4, -0.2) is 23.0 Å². The molecule has 7 nitrogen and oxygen atoms in total. The summed E-state index contributed by atoms with van der Waals surface area (Å²) in [6.45, 7) is 5.26. The standard InChI is InChI=1S/C12H11NO4.C6H6O2/c1-7-3-5-9(16-7)11(13-15)12(14)10-6-4-8(2)17-10;1-5-2-3-6(4-7)8-5/h3-6,15H,1-2H3;2-4H,1H3. The molecule has 0 amide bonds. The van der Waals surface area contributed by atoms with Gasteiger partial charge in [-0.2, -0.15) is 0 Å². The zero-order valence-electron chi connectivity index (χ0n) is 14.0. The first-order chi connectivity index (χ1) is 11.9. The third kappa shape index (κ3) is 4.57. The SMILES string of the molecule is Cc1ccc(C(=O)C(=NO)c2ccc(C)o2)o1.Cc1ccc(C=O)o1. The Morgan fingerprint density at radius 2 is 1.40 bits per heavy atom. The van der Waals surface area contributed by atoms with E-state index in [1.807, 2.05) is 0 Å². The van der Waals surface area contributed by atoms with Gasteiger partial charge >= 0.3 is 0 Å². The van der Waals surface area contributed by atoms with Crippen molar-refractivity contribution in [2.24, 2.45) is 5.16 Å². The minimum Gasteiger partial charge on any atom is -0.459 e. The van der Waals surface area contributed by atoms with Gasteiger partial charge in [0.1, 0.15) is 17.3 Å². The van der Waals surface area contributed by atoms with E-state index in [9.17, 15) is 9.59 Å². The number of hydrogen-bond acceptors (Lipinski definition) is 7. The summed E-state index contributed by atoms with van der Waals surface area (Å²) in [5, 5.41) is 11.9. The molecule has 3 heterocycles. The topological polar surface area (TPSA) is 106 Å². The van der Waals surface area contributed by atoms with Gasteiger partial charge in [0.25, 0.3) is 5.78 Å². The van der Waals surface area contributed by atoms with Gasteiger partial charge in [0, 0.05) is 0 Å². The first-order valence-corrected chi connectivity index (χ1v) is 7.36. The van der Waals surface area contributed by atoms with Crippen molar-refractivity contribution < 1.29 is 28.0 Å². The number of ketones is 1. The van der Waals surface area contributed by atoms with E-state index in [0.717, 1.165) is 5.76 Å². The van der Waals surface area contributed by atoms with Crippen molar-refractivity contribution in [1.29, 1.82) is 0 Å². The second kappa shape index (κ2) is 7.96. The number of Topliss-reactive ketones (excluding diaryl/α,β-unsaturated/α-hetero) is 1. The molecule has 25 heavy (non-hydrogen) atoms. The molecule has 0 fully saturated rings. The van der Waals surface area contributed by atoms with Gasteiger partial charge < -0.3 is 18.5 Å².